The van der Waals surface area contributed by atoms with E-state index in [-0.39, 0.29) is 24.5 Å². The number of aliphatic hydroxyl groups is 1. The van der Waals surface area contributed by atoms with E-state index < -0.39 is 0 Å². The maximum absolute atomic E-state index is 13.2. The first-order valence-electron chi connectivity index (χ1n) is 12.0. The van der Waals surface area contributed by atoms with Gasteiger partial charge in [0, 0.05) is 48.5 Å². The number of carbonyl (C=O) groups is 1. The highest BCUT2D eigenvalue weighted by Crippen LogP contribution is 2.42. The van der Waals surface area contributed by atoms with Crippen molar-refractivity contribution in [1.82, 2.24) is 9.80 Å². The van der Waals surface area contributed by atoms with E-state index in [2.05, 4.69) is 45.9 Å². The minimum Gasteiger partial charge on any atom is -0.395 e. The van der Waals surface area contributed by atoms with E-state index in [1.54, 1.807) is 0 Å². The average Bonchev–Trinajstić information content (AvgIpc) is 3.42. The number of amides is 1. The molecule has 2 saturated carbocycles. The van der Waals surface area contributed by atoms with Crippen LogP contribution in [0.5, 0.6) is 0 Å². The van der Waals surface area contributed by atoms with Crippen LogP contribution in [0.1, 0.15) is 68.4 Å². The van der Waals surface area contributed by atoms with Crippen molar-refractivity contribution in [2.24, 2.45) is 11.8 Å². The summed E-state index contributed by atoms with van der Waals surface area (Å²) < 4.78 is 0. The zero-order chi connectivity index (χ0) is 20.5. The molecule has 5 rings (SSSR count). The summed E-state index contributed by atoms with van der Waals surface area (Å²) in [5.41, 5.74) is 2.36. The topological polar surface area (TPSA) is 43.8 Å². The fourth-order valence-electron chi connectivity index (χ4n) is 5.77. The van der Waals surface area contributed by atoms with Gasteiger partial charge in [-0.2, -0.15) is 0 Å². The number of fused-ring (bicyclic) bond motifs is 1. The molecule has 1 aromatic rings. The fourth-order valence-corrected chi connectivity index (χ4v) is 5.77. The molecule has 0 aromatic heterocycles. The molecule has 0 radical (unpaired) electrons. The van der Waals surface area contributed by atoms with Crippen molar-refractivity contribution in [3.05, 3.63) is 35.4 Å². The summed E-state index contributed by atoms with van der Waals surface area (Å²) in [5, 5.41) is 10.1. The van der Waals surface area contributed by atoms with Crippen LogP contribution in [0.3, 0.4) is 0 Å². The van der Waals surface area contributed by atoms with Crippen molar-refractivity contribution in [2.45, 2.75) is 69.4 Å². The van der Waals surface area contributed by atoms with Gasteiger partial charge in [0.25, 0.3) is 0 Å². The molecule has 0 bridgehead atoms. The Labute approximate surface area is 180 Å². The molecule has 30 heavy (non-hydrogen) atoms. The zero-order valence-electron chi connectivity index (χ0n) is 17.9. The lowest BCUT2D eigenvalue weighted by Crippen LogP contribution is -2.68. The van der Waals surface area contributed by atoms with Crippen molar-refractivity contribution in [3.8, 4) is 11.8 Å². The fraction of sp³-hybridized carbons (Fsp3) is 0.654. The monoisotopic (exact) mass is 406 g/mol. The molecule has 1 aromatic carbocycles. The summed E-state index contributed by atoms with van der Waals surface area (Å²) in [6.07, 6.45) is 9.20. The van der Waals surface area contributed by atoms with Crippen LogP contribution in [0, 0.1) is 23.7 Å². The van der Waals surface area contributed by atoms with Crippen LogP contribution in [-0.4, -0.2) is 59.1 Å². The molecule has 2 saturated heterocycles. The maximum atomic E-state index is 13.2. The second kappa shape index (κ2) is 8.73. The number of rotatable bonds is 3. The van der Waals surface area contributed by atoms with Crippen LogP contribution < -0.4 is 0 Å². The average molecular weight is 407 g/mol. The molecule has 4 nitrogen and oxygen atoms in total. The Bertz CT molecular complexity index is 814. The van der Waals surface area contributed by atoms with Gasteiger partial charge in [-0.3, -0.25) is 9.69 Å². The van der Waals surface area contributed by atoms with E-state index in [4.69, 9.17) is 0 Å². The maximum Gasteiger partial charge on any atom is 0.225 e. The largest absolute Gasteiger partial charge is 0.395 e. The molecule has 3 atom stereocenters. The predicted octanol–water partition coefficient (Wildman–Crippen LogP) is 3.39. The second-order valence-corrected chi connectivity index (χ2v) is 9.72. The first-order chi connectivity index (χ1) is 14.7. The Morgan fingerprint density at radius 2 is 1.73 bits per heavy atom. The van der Waals surface area contributed by atoms with Gasteiger partial charge in [-0.05, 0) is 62.8 Å². The molecule has 1 amide bonds. The van der Waals surface area contributed by atoms with Gasteiger partial charge in [0.15, 0.2) is 0 Å². The number of carbonyl (C=O) groups excluding carboxylic acids is 1. The molecular formula is C26H34N2O2. The highest BCUT2D eigenvalue weighted by molar-refractivity contribution is 5.79. The van der Waals surface area contributed by atoms with Gasteiger partial charge in [-0.1, -0.05) is 36.8 Å². The lowest BCUT2D eigenvalue weighted by molar-refractivity contribution is -0.140. The Balaban J connectivity index is 1.33. The lowest BCUT2D eigenvalue weighted by Gasteiger charge is -2.57. The smallest absolute Gasteiger partial charge is 0.225 e. The molecule has 4 fully saturated rings. The highest BCUT2D eigenvalue weighted by Gasteiger charge is 2.49. The van der Waals surface area contributed by atoms with Gasteiger partial charge in [0.05, 0.1) is 6.61 Å². The lowest BCUT2D eigenvalue weighted by atomic mass is 9.74. The summed E-state index contributed by atoms with van der Waals surface area (Å²) in [5.74, 6) is 8.16. The second-order valence-electron chi connectivity index (χ2n) is 9.72. The van der Waals surface area contributed by atoms with Crippen molar-refractivity contribution < 1.29 is 9.90 Å². The molecule has 4 heteroatoms. The van der Waals surface area contributed by atoms with Crippen LogP contribution in [-0.2, 0) is 4.79 Å². The third kappa shape index (κ3) is 4.03. The van der Waals surface area contributed by atoms with Crippen LogP contribution in [0.15, 0.2) is 24.3 Å². The number of aliphatic hydroxyl groups excluding tert-OH is 1. The van der Waals surface area contributed by atoms with E-state index in [1.165, 1.54) is 31.2 Å². The minimum absolute atomic E-state index is 0.167. The van der Waals surface area contributed by atoms with Gasteiger partial charge in [-0.25, -0.2) is 0 Å². The molecule has 2 heterocycles. The summed E-state index contributed by atoms with van der Waals surface area (Å²) in [6, 6.07) is 9.14. The van der Waals surface area contributed by atoms with E-state index in [0.717, 1.165) is 50.9 Å². The van der Waals surface area contributed by atoms with Crippen LogP contribution >= 0.6 is 0 Å². The van der Waals surface area contributed by atoms with E-state index >= 15 is 0 Å². The summed E-state index contributed by atoms with van der Waals surface area (Å²) in [4.78, 5) is 17.8. The molecule has 0 unspecified atom stereocenters. The third-order valence-electron chi connectivity index (χ3n) is 7.68. The van der Waals surface area contributed by atoms with Crippen LogP contribution in [0.25, 0.3) is 0 Å². The van der Waals surface area contributed by atoms with Gasteiger partial charge in [0.1, 0.15) is 0 Å². The Morgan fingerprint density at radius 1 is 1.00 bits per heavy atom. The quantitative estimate of drug-likeness (QED) is 0.783. The van der Waals surface area contributed by atoms with Crippen molar-refractivity contribution in [2.75, 3.05) is 26.2 Å². The van der Waals surface area contributed by atoms with Gasteiger partial charge in [-0.15, -0.1) is 0 Å². The molecule has 2 aliphatic heterocycles. The van der Waals surface area contributed by atoms with Gasteiger partial charge < -0.3 is 10.0 Å². The summed E-state index contributed by atoms with van der Waals surface area (Å²) in [6.45, 7) is 2.91. The minimum atomic E-state index is 0.167. The van der Waals surface area contributed by atoms with Gasteiger partial charge >= 0.3 is 0 Å². The third-order valence-corrected chi connectivity index (χ3v) is 7.68. The first-order valence-corrected chi connectivity index (χ1v) is 12.0. The van der Waals surface area contributed by atoms with Crippen LogP contribution in [0.4, 0.5) is 0 Å². The van der Waals surface area contributed by atoms with Crippen molar-refractivity contribution in [1.29, 1.82) is 0 Å². The first kappa shape index (κ1) is 20.1. The molecule has 1 N–H and O–H groups in total. The van der Waals surface area contributed by atoms with Crippen molar-refractivity contribution >= 4 is 5.91 Å². The van der Waals surface area contributed by atoms with E-state index in [1.807, 2.05) is 0 Å². The summed E-state index contributed by atoms with van der Waals surface area (Å²) in [7, 11) is 0. The van der Waals surface area contributed by atoms with Gasteiger partial charge in [0.2, 0.25) is 5.91 Å². The van der Waals surface area contributed by atoms with E-state index in [0.29, 0.717) is 17.9 Å². The number of nitrogens with zero attached hydrogens (tertiary/aromatic N) is 2. The highest BCUT2D eigenvalue weighted by atomic mass is 16.3. The molecular weight excluding hydrogens is 372 g/mol. The molecule has 160 valence electrons. The molecule has 2 aliphatic carbocycles. The zero-order valence-corrected chi connectivity index (χ0v) is 17.9. The number of benzene rings is 1. The number of hydrogen-bond acceptors (Lipinski definition) is 3. The van der Waals surface area contributed by atoms with Crippen LogP contribution in [0.2, 0.25) is 0 Å². The Morgan fingerprint density at radius 3 is 2.43 bits per heavy atom. The Hall–Kier alpha value is -1.83. The molecule has 4 aliphatic rings. The standard InChI is InChI=1S/C26H34N2O2/c29-18-24-25(21-13-11-20(12-14-21)10-9-19-7-8-19)23-17-27(15-3-4-16-28(23)24)26(30)22-5-1-2-6-22/h11-14,19,22-25,29H,1-8,15-18H2/t23-,24-,25-/m1/s1. The Kier molecular flexibility index (Phi) is 5.85. The SMILES string of the molecule is O=C(C1CCCC1)N1CCCCN2[C@H](CO)[C@H](c3ccc(C#CC4CC4)cc3)[C@H]2C1. The molecule has 0 spiro atoms. The number of hydrogen-bond donors (Lipinski definition) is 1. The van der Waals surface area contributed by atoms with E-state index in [9.17, 15) is 9.90 Å². The van der Waals surface area contributed by atoms with Crippen molar-refractivity contribution in [3.63, 3.8) is 0 Å². The predicted molar refractivity (Wildman–Crippen MR) is 118 cm³/mol. The summed E-state index contributed by atoms with van der Waals surface area (Å²) >= 11 is 0. The normalized spacial score (nSPS) is 29.9.